The van der Waals surface area contributed by atoms with Gasteiger partial charge >= 0.3 is 6.18 Å². The number of alkyl halides is 3. The van der Waals surface area contributed by atoms with E-state index in [0.717, 1.165) is 17.0 Å². The van der Waals surface area contributed by atoms with Gasteiger partial charge in [0, 0.05) is 10.6 Å². The molecule has 0 spiro atoms. The first kappa shape index (κ1) is 17.4. The van der Waals surface area contributed by atoms with Crippen molar-refractivity contribution in [3.05, 3.63) is 57.5 Å². The molecule has 0 saturated heterocycles. The number of rotatable bonds is 5. The number of benzene rings is 1. The minimum atomic E-state index is -4.43. The molecule has 0 fully saturated rings. The normalized spacial score (nSPS) is 11.4. The van der Waals surface area contributed by atoms with Crippen molar-refractivity contribution in [3.63, 3.8) is 0 Å². The van der Waals surface area contributed by atoms with Crippen LogP contribution in [0.4, 0.5) is 30.8 Å². The number of nitrogens with one attached hydrogen (secondary N) is 2. The summed E-state index contributed by atoms with van der Waals surface area (Å²) in [6.07, 6.45) is -4.43. The number of anilines is 3. The summed E-state index contributed by atoms with van der Waals surface area (Å²) in [6, 6.07) is 8.59. The zero-order valence-corrected chi connectivity index (χ0v) is 14.1. The monoisotopic (exact) mass is 385 g/mol. The summed E-state index contributed by atoms with van der Waals surface area (Å²) < 4.78 is 38.3. The van der Waals surface area contributed by atoms with Crippen molar-refractivity contribution in [3.8, 4) is 0 Å². The van der Waals surface area contributed by atoms with E-state index in [1.54, 1.807) is 11.3 Å². The number of thiophene rings is 1. The maximum atomic E-state index is 12.8. The largest absolute Gasteiger partial charge is 0.416 e. The third-order valence-corrected chi connectivity index (χ3v) is 4.10. The van der Waals surface area contributed by atoms with Crippen LogP contribution < -0.4 is 10.6 Å². The second kappa shape index (κ2) is 7.24. The maximum absolute atomic E-state index is 12.8. The molecule has 10 heteroatoms. The van der Waals surface area contributed by atoms with Crippen molar-refractivity contribution in [1.29, 1.82) is 0 Å². The molecule has 5 nitrogen and oxygen atoms in total. The van der Waals surface area contributed by atoms with Crippen LogP contribution in [0.1, 0.15) is 10.4 Å². The zero-order valence-electron chi connectivity index (χ0n) is 12.5. The van der Waals surface area contributed by atoms with Gasteiger partial charge in [0.15, 0.2) is 0 Å². The van der Waals surface area contributed by atoms with Crippen molar-refractivity contribution in [2.45, 2.75) is 12.7 Å². The lowest BCUT2D eigenvalue weighted by Crippen LogP contribution is -2.08. The Kier molecular flexibility index (Phi) is 5.05. The van der Waals surface area contributed by atoms with Gasteiger partial charge in [0.25, 0.3) is 0 Å². The molecule has 0 aliphatic heterocycles. The maximum Gasteiger partial charge on any atom is 0.416 e. The first-order valence-corrected chi connectivity index (χ1v) is 8.28. The quantitative estimate of drug-likeness (QED) is 0.650. The first-order valence-electron chi connectivity index (χ1n) is 7.02. The Hall–Kier alpha value is -2.39. The Morgan fingerprint density at radius 2 is 1.84 bits per heavy atom. The van der Waals surface area contributed by atoms with Crippen molar-refractivity contribution >= 4 is 40.5 Å². The highest BCUT2D eigenvalue weighted by Crippen LogP contribution is 2.31. The molecule has 2 aromatic heterocycles. The highest BCUT2D eigenvalue weighted by Gasteiger charge is 2.30. The van der Waals surface area contributed by atoms with Gasteiger partial charge in [0.1, 0.15) is 0 Å². The lowest BCUT2D eigenvalue weighted by Gasteiger charge is -2.10. The number of hydrogen-bond acceptors (Lipinski definition) is 6. The van der Waals surface area contributed by atoms with E-state index in [9.17, 15) is 13.2 Å². The molecule has 2 heterocycles. The fourth-order valence-electron chi connectivity index (χ4n) is 1.97. The second-order valence-electron chi connectivity index (χ2n) is 4.89. The highest BCUT2D eigenvalue weighted by atomic mass is 35.5. The Labute approximate surface area is 149 Å². The van der Waals surface area contributed by atoms with Crippen LogP contribution in [0.15, 0.2) is 41.8 Å². The van der Waals surface area contributed by atoms with E-state index in [0.29, 0.717) is 6.54 Å². The van der Waals surface area contributed by atoms with Crippen molar-refractivity contribution in [2.24, 2.45) is 0 Å². The Bertz CT molecular complexity index is 855. The molecule has 0 atom stereocenters. The van der Waals surface area contributed by atoms with Crippen LogP contribution in [0.25, 0.3) is 0 Å². The molecular weight excluding hydrogens is 375 g/mol. The van der Waals surface area contributed by atoms with Crippen LogP contribution in [-0.2, 0) is 12.7 Å². The average Bonchev–Trinajstić information content (AvgIpc) is 3.05. The van der Waals surface area contributed by atoms with Gasteiger partial charge in [-0.05, 0) is 41.2 Å². The summed E-state index contributed by atoms with van der Waals surface area (Å²) in [5.74, 6) is 0.274. The zero-order chi connectivity index (χ0) is 17.9. The molecule has 0 amide bonds. The number of hydrogen-bond donors (Lipinski definition) is 2. The molecule has 0 radical (unpaired) electrons. The summed E-state index contributed by atoms with van der Waals surface area (Å²) in [5.41, 5.74) is -0.574. The van der Waals surface area contributed by atoms with Crippen molar-refractivity contribution in [2.75, 3.05) is 10.6 Å². The predicted octanol–water partition coefficient (Wildman–Crippen LogP) is 4.96. The van der Waals surface area contributed by atoms with E-state index in [1.165, 1.54) is 12.1 Å². The Morgan fingerprint density at radius 1 is 1.04 bits per heavy atom. The molecule has 0 aliphatic rings. The molecule has 2 N–H and O–H groups in total. The first-order chi connectivity index (χ1) is 11.9. The topological polar surface area (TPSA) is 62.7 Å². The molecule has 0 saturated carbocycles. The average molecular weight is 386 g/mol. The smallest absolute Gasteiger partial charge is 0.349 e. The van der Waals surface area contributed by atoms with Gasteiger partial charge in [-0.15, -0.1) is 11.3 Å². The van der Waals surface area contributed by atoms with Crippen molar-refractivity contribution < 1.29 is 13.2 Å². The predicted molar refractivity (Wildman–Crippen MR) is 91.2 cm³/mol. The second-order valence-corrected chi connectivity index (χ2v) is 6.26. The van der Waals surface area contributed by atoms with Gasteiger partial charge in [-0.1, -0.05) is 12.1 Å². The van der Waals surface area contributed by atoms with E-state index in [2.05, 4.69) is 25.6 Å². The van der Waals surface area contributed by atoms with Crippen molar-refractivity contribution in [1.82, 2.24) is 15.0 Å². The fraction of sp³-hybridized carbons (Fsp3) is 0.133. The summed E-state index contributed by atoms with van der Waals surface area (Å²) >= 11 is 7.43. The summed E-state index contributed by atoms with van der Waals surface area (Å²) in [7, 11) is 0. The van der Waals surface area contributed by atoms with Crippen LogP contribution in [-0.4, -0.2) is 15.0 Å². The minimum Gasteiger partial charge on any atom is -0.349 e. The van der Waals surface area contributed by atoms with Gasteiger partial charge in [-0.25, -0.2) is 0 Å². The SMILES string of the molecule is FC(F)(F)c1cccc(Nc2nc(Cl)nc(NCc3cccs3)n2)c1. The molecule has 3 aromatic rings. The third-order valence-electron chi connectivity index (χ3n) is 3.05. The molecular formula is C15H11ClF3N5S. The van der Waals surface area contributed by atoms with Gasteiger partial charge in [-0.2, -0.15) is 28.1 Å². The molecule has 0 unspecified atom stereocenters. The molecule has 130 valence electrons. The van der Waals surface area contributed by atoms with Crippen LogP contribution in [0.2, 0.25) is 5.28 Å². The van der Waals surface area contributed by atoms with Crippen LogP contribution in [0.3, 0.4) is 0 Å². The van der Waals surface area contributed by atoms with E-state index >= 15 is 0 Å². The Balaban J connectivity index is 1.76. The minimum absolute atomic E-state index is 0.0491. The molecule has 0 aliphatic carbocycles. The van der Waals surface area contributed by atoms with E-state index in [4.69, 9.17) is 11.6 Å². The van der Waals surface area contributed by atoms with Gasteiger partial charge in [0.2, 0.25) is 17.2 Å². The molecule has 0 bridgehead atoms. The summed E-state index contributed by atoms with van der Waals surface area (Å²) in [4.78, 5) is 13.0. The van der Waals surface area contributed by atoms with Gasteiger partial charge < -0.3 is 10.6 Å². The summed E-state index contributed by atoms with van der Waals surface area (Å²) in [6.45, 7) is 0.501. The molecule has 1 aromatic carbocycles. The lowest BCUT2D eigenvalue weighted by atomic mass is 10.2. The number of nitrogens with zero attached hydrogens (tertiary/aromatic N) is 3. The third kappa shape index (κ3) is 4.80. The highest BCUT2D eigenvalue weighted by molar-refractivity contribution is 7.09. The molecule has 3 rings (SSSR count). The van der Waals surface area contributed by atoms with Gasteiger partial charge in [-0.3, -0.25) is 0 Å². The standard InChI is InChI=1S/C15H11ClF3N5S/c16-12-22-13(20-8-11-5-2-6-25-11)24-14(23-12)21-10-4-1-3-9(7-10)15(17,18)19/h1-7H,8H2,(H2,20,21,22,23,24). The van der Waals surface area contributed by atoms with Crippen LogP contribution in [0.5, 0.6) is 0 Å². The number of aromatic nitrogens is 3. The fourth-order valence-corrected chi connectivity index (χ4v) is 2.77. The number of halogens is 4. The molecule has 25 heavy (non-hydrogen) atoms. The van der Waals surface area contributed by atoms with Crippen LogP contribution in [0, 0.1) is 0 Å². The van der Waals surface area contributed by atoms with E-state index < -0.39 is 11.7 Å². The van der Waals surface area contributed by atoms with E-state index in [-0.39, 0.29) is 22.9 Å². The van der Waals surface area contributed by atoms with E-state index in [1.807, 2.05) is 17.5 Å². The van der Waals surface area contributed by atoms with Crippen LogP contribution >= 0.6 is 22.9 Å². The van der Waals surface area contributed by atoms with Gasteiger partial charge in [0.05, 0.1) is 12.1 Å². The lowest BCUT2D eigenvalue weighted by molar-refractivity contribution is -0.137. The summed E-state index contributed by atoms with van der Waals surface area (Å²) in [5, 5.41) is 7.57. The Morgan fingerprint density at radius 3 is 2.56 bits per heavy atom.